The van der Waals surface area contributed by atoms with Gasteiger partial charge in [0.15, 0.2) is 5.78 Å². The number of benzene rings is 1. The standard InChI is InChI=1S/C15H15FO2S/c1-3-11-5-6-12(19-11)9-15(17)13-7-4-10(18-2)8-14(13)16/h4-8H,3,9H2,1-2H3. The number of thiophene rings is 1. The summed E-state index contributed by atoms with van der Waals surface area (Å²) in [6.45, 7) is 2.07. The van der Waals surface area contributed by atoms with Crippen LogP contribution in [-0.4, -0.2) is 12.9 Å². The van der Waals surface area contributed by atoms with Gasteiger partial charge in [0.1, 0.15) is 11.6 Å². The van der Waals surface area contributed by atoms with Crippen LogP contribution in [0.2, 0.25) is 0 Å². The third kappa shape index (κ3) is 3.20. The van der Waals surface area contributed by atoms with Crippen LogP contribution in [0.25, 0.3) is 0 Å². The molecule has 0 aliphatic heterocycles. The van der Waals surface area contributed by atoms with Crippen molar-refractivity contribution in [1.82, 2.24) is 0 Å². The normalized spacial score (nSPS) is 10.5. The van der Waals surface area contributed by atoms with Crippen LogP contribution in [0.4, 0.5) is 4.39 Å². The van der Waals surface area contributed by atoms with Gasteiger partial charge in [-0.1, -0.05) is 6.92 Å². The molecule has 0 aliphatic rings. The number of hydrogen-bond donors (Lipinski definition) is 0. The van der Waals surface area contributed by atoms with Gasteiger partial charge < -0.3 is 4.74 Å². The molecule has 1 aromatic carbocycles. The predicted molar refractivity (Wildman–Crippen MR) is 74.7 cm³/mol. The van der Waals surface area contributed by atoms with E-state index in [1.54, 1.807) is 17.4 Å². The first-order valence-corrected chi connectivity index (χ1v) is 6.90. The van der Waals surface area contributed by atoms with Crippen LogP contribution in [0, 0.1) is 5.82 Å². The van der Waals surface area contributed by atoms with Crippen molar-refractivity contribution in [3.05, 3.63) is 51.5 Å². The van der Waals surface area contributed by atoms with Crippen molar-refractivity contribution in [2.45, 2.75) is 19.8 Å². The van der Waals surface area contributed by atoms with E-state index in [0.717, 1.165) is 11.3 Å². The summed E-state index contributed by atoms with van der Waals surface area (Å²) in [6.07, 6.45) is 1.20. The number of methoxy groups -OCH3 is 1. The molecule has 0 bridgehead atoms. The SMILES string of the molecule is CCc1ccc(CC(=O)c2ccc(OC)cc2F)s1. The van der Waals surface area contributed by atoms with Gasteiger partial charge in [-0.25, -0.2) is 4.39 Å². The number of ether oxygens (including phenoxy) is 1. The molecule has 100 valence electrons. The average molecular weight is 278 g/mol. The van der Waals surface area contributed by atoms with E-state index in [4.69, 9.17) is 4.74 Å². The van der Waals surface area contributed by atoms with E-state index in [1.807, 2.05) is 12.1 Å². The molecule has 0 aliphatic carbocycles. The van der Waals surface area contributed by atoms with E-state index >= 15 is 0 Å². The Bertz CT molecular complexity index is 590. The minimum absolute atomic E-state index is 0.118. The largest absolute Gasteiger partial charge is 0.497 e. The van der Waals surface area contributed by atoms with Crippen molar-refractivity contribution in [1.29, 1.82) is 0 Å². The smallest absolute Gasteiger partial charge is 0.171 e. The highest BCUT2D eigenvalue weighted by atomic mass is 32.1. The van der Waals surface area contributed by atoms with Gasteiger partial charge in [-0.05, 0) is 30.7 Å². The van der Waals surface area contributed by atoms with Crippen LogP contribution >= 0.6 is 11.3 Å². The summed E-state index contributed by atoms with van der Waals surface area (Å²) in [6, 6.07) is 8.26. The quantitative estimate of drug-likeness (QED) is 0.776. The van der Waals surface area contributed by atoms with E-state index in [2.05, 4.69) is 6.92 Å². The lowest BCUT2D eigenvalue weighted by Gasteiger charge is -2.04. The molecule has 0 saturated carbocycles. The number of halogens is 1. The Labute approximate surface area is 115 Å². The van der Waals surface area contributed by atoms with Crippen LogP contribution in [-0.2, 0) is 12.8 Å². The second kappa shape index (κ2) is 5.97. The van der Waals surface area contributed by atoms with Crippen molar-refractivity contribution < 1.29 is 13.9 Å². The third-order valence-corrected chi connectivity index (χ3v) is 4.11. The van der Waals surface area contributed by atoms with Crippen molar-refractivity contribution in [2.24, 2.45) is 0 Å². The Hall–Kier alpha value is -1.68. The number of carbonyl (C=O) groups is 1. The average Bonchev–Trinajstić information content (AvgIpc) is 2.86. The molecule has 0 amide bonds. The molecule has 0 saturated heterocycles. The van der Waals surface area contributed by atoms with Crippen molar-refractivity contribution in [3.8, 4) is 5.75 Å². The zero-order valence-electron chi connectivity index (χ0n) is 10.9. The van der Waals surface area contributed by atoms with Gasteiger partial charge in [0.25, 0.3) is 0 Å². The summed E-state index contributed by atoms with van der Waals surface area (Å²) in [4.78, 5) is 14.3. The van der Waals surface area contributed by atoms with Crippen LogP contribution < -0.4 is 4.74 Å². The Morgan fingerprint density at radius 2 is 2.00 bits per heavy atom. The van der Waals surface area contributed by atoms with Gasteiger partial charge in [0.2, 0.25) is 0 Å². The minimum atomic E-state index is -0.531. The van der Waals surface area contributed by atoms with Crippen LogP contribution in [0.3, 0.4) is 0 Å². The molecule has 4 heteroatoms. The summed E-state index contributed by atoms with van der Waals surface area (Å²) in [7, 11) is 1.47. The van der Waals surface area contributed by atoms with Gasteiger partial charge in [-0.3, -0.25) is 4.79 Å². The first-order valence-electron chi connectivity index (χ1n) is 6.08. The molecule has 2 nitrogen and oxygen atoms in total. The molecule has 0 N–H and O–H groups in total. The van der Waals surface area contributed by atoms with Crippen LogP contribution in [0.5, 0.6) is 5.75 Å². The molecule has 0 spiro atoms. The monoisotopic (exact) mass is 278 g/mol. The van der Waals surface area contributed by atoms with Crippen molar-refractivity contribution in [3.63, 3.8) is 0 Å². The summed E-state index contributed by atoms with van der Waals surface area (Å²) < 4.78 is 18.7. The molecule has 1 aromatic heterocycles. The van der Waals surface area contributed by atoms with Crippen LogP contribution in [0.15, 0.2) is 30.3 Å². The number of aryl methyl sites for hydroxylation is 1. The van der Waals surface area contributed by atoms with E-state index < -0.39 is 5.82 Å². The highest BCUT2D eigenvalue weighted by molar-refractivity contribution is 7.12. The fraction of sp³-hybridized carbons (Fsp3) is 0.267. The maximum absolute atomic E-state index is 13.8. The lowest BCUT2D eigenvalue weighted by molar-refractivity contribution is 0.0990. The summed E-state index contributed by atoms with van der Waals surface area (Å²) in [5.41, 5.74) is 0.118. The molecule has 0 fully saturated rings. The second-order valence-electron chi connectivity index (χ2n) is 4.17. The first-order chi connectivity index (χ1) is 9.13. The number of carbonyl (C=O) groups excluding carboxylic acids is 1. The fourth-order valence-electron chi connectivity index (χ4n) is 1.81. The maximum Gasteiger partial charge on any atom is 0.171 e. The number of Topliss-reactive ketones (excluding diaryl/α,β-unsaturated/α-hetero) is 1. The third-order valence-electron chi connectivity index (χ3n) is 2.88. The zero-order chi connectivity index (χ0) is 13.8. The molecule has 0 unspecified atom stereocenters. The lowest BCUT2D eigenvalue weighted by Crippen LogP contribution is -2.05. The molecule has 19 heavy (non-hydrogen) atoms. The number of rotatable bonds is 5. The topological polar surface area (TPSA) is 26.3 Å². The van der Waals surface area contributed by atoms with Gasteiger partial charge in [0, 0.05) is 22.2 Å². The van der Waals surface area contributed by atoms with E-state index in [0.29, 0.717) is 5.75 Å². The molecular weight excluding hydrogens is 263 g/mol. The van der Waals surface area contributed by atoms with Gasteiger partial charge in [0.05, 0.1) is 12.7 Å². The van der Waals surface area contributed by atoms with E-state index in [1.165, 1.54) is 24.1 Å². The van der Waals surface area contributed by atoms with Crippen molar-refractivity contribution >= 4 is 17.1 Å². The Morgan fingerprint density at radius 3 is 2.58 bits per heavy atom. The fourth-order valence-corrected chi connectivity index (χ4v) is 2.77. The second-order valence-corrected chi connectivity index (χ2v) is 5.42. The Morgan fingerprint density at radius 1 is 1.26 bits per heavy atom. The zero-order valence-corrected chi connectivity index (χ0v) is 11.7. The number of ketones is 1. The molecule has 0 atom stereocenters. The van der Waals surface area contributed by atoms with Gasteiger partial charge in [-0.2, -0.15) is 0 Å². The van der Waals surface area contributed by atoms with Crippen molar-refractivity contribution in [2.75, 3.05) is 7.11 Å². The highest BCUT2D eigenvalue weighted by Gasteiger charge is 2.14. The minimum Gasteiger partial charge on any atom is -0.497 e. The molecule has 1 heterocycles. The molecule has 2 aromatic rings. The lowest BCUT2D eigenvalue weighted by atomic mass is 10.1. The summed E-state index contributed by atoms with van der Waals surface area (Å²) in [5.74, 6) is -0.320. The Balaban J connectivity index is 2.15. The van der Waals surface area contributed by atoms with Gasteiger partial charge >= 0.3 is 0 Å². The van der Waals surface area contributed by atoms with Crippen LogP contribution in [0.1, 0.15) is 27.0 Å². The van der Waals surface area contributed by atoms with Gasteiger partial charge in [-0.15, -0.1) is 11.3 Å². The summed E-state index contributed by atoms with van der Waals surface area (Å²) >= 11 is 1.60. The predicted octanol–water partition coefficient (Wildman–Crippen LogP) is 3.88. The van der Waals surface area contributed by atoms with E-state index in [9.17, 15) is 9.18 Å². The molecule has 2 rings (SSSR count). The highest BCUT2D eigenvalue weighted by Crippen LogP contribution is 2.21. The Kier molecular flexibility index (Phi) is 4.32. The summed E-state index contributed by atoms with van der Waals surface area (Å²) in [5, 5.41) is 0. The van der Waals surface area contributed by atoms with E-state index in [-0.39, 0.29) is 17.8 Å². The maximum atomic E-state index is 13.8. The number of hydrogen-bond acceptors (Lipinski definition) is 3. The molecular formula is C15H15FO2S. The molecule has 0 radical (unpaired) electrons. The first kappa shape index (κ1) is 13.7.